The van der Waals surface area contributed by atoms with Crippen molar-refractivity contribution in [1.82, 2.24) is 19.8 Å². The third-order valence-electron chi connectivity index (χ3n) is 7.25. The normalized spacial score (nSPS) is 21.0. The molecule has 0 spiro atoms. The lowest BCUT2D eigenvalue weighted by Gasteiger charge is -2.32. The van der Waals surface area contributed by atoms with Gasteiger partial charge in [0.15, 0.2) is 0 Å². The van der Waals surface area contributed by atoms with Crippen LogP contribution in [-0.4, -0.2) is 70.9 Å². The molecule has 5 rings (SSSR count). The number of hydrogen-bond donors (Lipinski definition) is 0. The van der Waals surface area contributed by atoms with E-state index in [-0.39, 0.29) is 17.7 Å². The third-order valence-corrected chi connectivity index (χ3v) is 7.25. The zero-order valence-electron chi connectivity index (χ0n) is 19.5. The van der Waals surface area contributed by atoms with E-state index < -0.39 is 0 Å². The van der Waals surface area contributed by atoms with Crippen LogP contribution in [-0.2, 0) is 22.4 Å². The Morgan fingerprint density at radius 1 is 1.06 bits per heavy atom. The van der Waals surface area contributed by atoms with E-state index in [1.165, 1.54) is 5.56 Å². The van der Waals surface area contributed by atoms with Crippen molar-refractivity contribution in [1.29, 1.82) is 0 Å². The van der Waals surface area contributed by atoms with E-state index in [1.807, 2.05) is 34.9 Å². The summed E-state index contributed by atoms with van der Waals surface area (Å²) in [7, 11) is 0. The second-order valence-electron chi connectivity index (χ2n) is 9.59. The molecule has 1 aromatic carbocycles. The highest BCUT2D eigenvalue weighted by Gasteiger charge is 2.33. The first-order valence-electron chi connectivity index (χ1n) is 12.3. The predicted molar refractivity (Wildman–Crippen MR) is 127 cm³/mol. The molecule has 0 unspecified atom stereocenters. The molecule has 0 saturated carbocycles. The van der Waals surface area contributed by atoms with Gasteiger partial charge in [0.05, 0.1) is 13.0 Å². The molecule has 7 nitrogen and oxygen atoms in total. The zero-order chi connectivity index (χ0) is 22.8. The van der Waals surface area contributed by atoms with Gasteiger partial charge in [0.25, 0.3) is 0 Å². The number of carbonyl (C=O) groups is 2. The van der Waals surface area contributed by atoms with E-state index in [4.69, 9.17) is 9.97 Å². The summed E-state index contributed by atoms with van der Waals surface area (Å²) in [6.07, 6.45) is 5.49. The number of amides is 2. The van der Waals surface area contributed by atoms with Gasteiger partial charge in [0.2, 0.25) is 11.8 Å². The largest absolute Gasteiger partial charge is 0.342 e. The fraction of sp³-hybridized carbons (Fsp3) is 0.538. The Bertz CT molecular complexity index is 1020. The maximum absolute atomic E-state index is 12.8. The van der Waals surface area contributed by atoms with Crippen molar-refractivity contribution < 1.29 is 9.59 Å². The van der Waals surface area contributed by atoms with E-state index in [0.29, 0.717) is 19.5 Å². The van der Waals surface area contributed by atoms with E-state index in [2.05, 4.69) is 17.0 Å². The van der Waals surface area contributed by atoms with Gasteiger partial charge in [-0.1, -0.05) is 30.3 Å². The number of likely N-dealkylation sites (tertiary alicyclic amines) is 2. The molecule has 1 aromatic heterocycles. The average Bonchev–Trinajstić information content (AvgIpc) is 3.47. The number of benzene rings is 1. The Balaban J connectivity index is 1.30. The summed E-state index contributed by atoms with van der Waals surface area (Å²) in [5.41, 5.74) is 3.10. The van der Waals surface area contributed by atoms with E-state index in [1.54, 1.807) is 0 Å². The highest BCUT2D eigenvalue weighted by molar-refractivity contribution is 6.00. The number of aromatic nitrogens is 2. The predicted octanol–water partition coefficient (Wildman–Crippen LogP) is 2.72. The standard InChI is InChI=1S/C26H33N5O2/c1-19-22-16-23(32)31(15-11-20-8-3-2-4-9-20)26(22)28-25(27-19)21-10-7-12-29(17-21)18-24(33)30-13-5-6-14-30/h2-4,8-9,21H,5-7,10-18H2,1H3/t21-/m0/s1. The zero-order valence-corrected chi connectivity index (χ0v) is 19.5. The monoisotopic (exact) mass is 447 g/mol. The molecule has 2 aromatic rings. The van der Waals surface area contributed by atoms with Crippen LogP contribution in [0.15, 0.2) is 30.3 Å². The molecule has 0 aliphatic carbocycles. The highest BCUT2D eigenvalue weighted by Crippen LogP contribution is 2.33. The lowest BCUT2D eigenvalue weighted by Crippen LogP contribution is -2.43. The van der Waals surface area contributed by atoms with Crippen LogP contribution < -0.4 is 4.90 Å². The summed E-state index contributed by atoms with van der Waals surface area (Å²) in [4.78, 5) is 41.3. The summed E-state index contributed by atoms with van der Waals surface area (Å²) in [5, 5.41) is 0. The number of carbonyl (C=O) groups excluding carboxylic acids is 2. The maximum Gasteiger partial charge on any atom is 0.236 e. The van der Waals surface area contributed by atoms with Crippen molar-refractivity contribution in [2.24, 2.45) is 0 Å². The van der Waals surface area contributed by atoms with Crippen LogP contribution in [0.25, 0.3) is 0 Å². The highest BCUT2D eigenvalue weighted by atomic mass is 16.2. The second kappa shape index (κ2) is 9.59. The number of nitrogens with zero attached hydrogens (tertiary/aromatic N) is 5. The Hall–Kier alpha value is -2.80. The minimum Gasteiger partial charge on any atom is -0.342 e. The molecule has 0 N–H and O–H groups in total. The topological polar surface area (TPSA) is 69.6 Å². The van der Waals surface area contributed by atoms with Crippen LogP contribution >= 0.6 is 0 Å². The fourth-order valence-corrected chi connectivity index (χ4v) is 5.36. The first-order chi connectivity index (χ1) is 16.1. The maximum atomic E-state index is 12.8. The van der Waals surface area contributed by atoms with Gasteiger partial charge in [0.1, 0.15) is 11.6 Å². The number of hydrogen-bond acceptors (Lipinski definition) is 5. The Labute approximate surface area is 195 Å². The van der Waals surface area contributed by atoms with Gasteiger partial charge >= 0.3 is 0 Å². The first kappa shape index (κ1) is 22.0. The molecule has 0 radical (unpaired) electrons. The summed E-state index contributed by atoms with van der Waals surface area (Å²) >= 11 is 0. The van der Waals surface area contributed by atoms with Crippen molar-refractivity contribution in [3.05, 3.63) is 53.0 Å². The van der Waals surface area contributed by atoms with E-state index >= 15 is 0 Å². The van der Waals surface area contributed by atoms with Gasteiger partial charge in [-0.25, -0.2) is 9.97 Å². The SMILES string of the molecule is Cc1nc([C@H]2CCCN(CC(=O)N3CCCC3)C2)nc2c1CC(=O)N2CCc1ccccc1. The van der Waals surface area contributed by atoms with Gasteiger partial charge in [-0.3, -0.25) is 19.4 Å². The average molecular weight is 448 g/mol. The number of piperidine rings is 1. The van der Waals surface area contributed by atoms with Gasteiger partial charge < -0.3 is 4.90 Å². The molecule has 0 bridgehead atoms. The summed E-state index contributed by atoms with van der Waals surface area (Å²) in [6.45, 7) is 6.66. The van der Waals surface area contributed by atoms with Gasteiger partial charge in [-0.2, -0.15) is 0 Å². The number of anilines is 1. The molecule has 2 saturated heterocycles. The summed E-state index contributed by atoms with van der Waals surface area (Å²) < 4.78 is 0. The van der Waals surface area contributed by atoms with Gasteiger partial charge in [-0.05, 0) is 51.1 Å². The fourth-order valence-electron chi connectivity index (χ4n) is 5.36. The van der Waals surface area contributed by atoms with Crippen molar-refractivity contribution in [2.75, 3.05) is 44.2 Å². The van der Waals surface area contributed by atoms with E-state index in [0.717, 1.165) is 81.2 Å². The quantitative estimate of drug-likeness (QED) is 0.681. The third kappa shape index (κ3) is 4.78. The van der Waals surface area contributed by atoms with Crippen LogP contribution in [0.2, 0.25) is 0 Å². The molecule has 3 aliphatic rings. The number of fused-ring (bicyclic) bond motifs is 1. The summed E-state index contributed by atoms with van der Waals surface area (Å²) in [5.74, 6) is 2.17. The lowest BCUT2D eigenvalue weighted by molar-refractivity contribution is -0.131. The minimum atomic E-state index is 0.108. The van der Waals surface area contributed by atoms with Gasteiger partial charge in [0, 0.05) is 43.4 Å². The van der Waals surface area contributed by atoms with E-state index in [9.17, 15) is 9.59 Å². The van der Waals surface area contributed by atoms with Crippen molar-refractivity contribution >= 4 is 17.6 Å². The van der Waals surface area contributed by atoms with Crippen LogP contribution in [0.1, 0.15) is 54.2 Å². The lowest BCUT2D eigenvalue weighted by atomic mass is 9.96. The molecule has 174 valence electrons. The van der Waals surface area contributed by atoms with Crippen molar-refractivity contribution in [2.45, 2.75) is 51.4 Å². The van der Waals surface area contributed by atoms with Crippen LogP contribution in [0.5, 0.6) is 0 Å². The van der Waals surface area contributed by atoms with Crippen molar-refractivity contribution in [3.8, 4) is 0 Å². The molecule has 3 aliphatic heterocycles. The number of aryl methyl sites for hydroxylation is 1. The molecule has 33 heavy (non-hydrogen) atoms. The Morgan fingerprint density at radius 3 is 2.64 bits per heavy atom. The molecular formula is C26H33N5O2. The molecule has 7 heteroatoms. The Morgan fingerprint density at radius 2 is 1.85 bits per heavy atom. The smallest absolute Gasteiger partial charge is 0.236 e. The van der Waals surface area contributed by atoms with Crippen LogP contribution in [0, 0.1) is 6.92 Å². The Kier molecular flexibility index (Phi) is 6.40. The minimum absolute atomic E-state index is 0.108. The molecule has 2 fully saturated rings. The second-order valence-corrected chi connectivity index (χ2v) is 9.59. The molecule has 1 atom stereocenters. The first-order valence-corrected chi connectivity index (χ1v) is 12.3. The van der Waals surface area contributed by atoms with Crippen LogP contribution in [0.3, 0.4) is 0 Å². The van der Waals surface area contributed by atoms with Crippen molar-refractivity contribution in [3.63, 3.8) is 0 Å². The molecule has 2 amide bonds. The summed E-state index contributed by atoms with van der Waals surface area (Å²) in [6, 6.07) is 10.3. The molecule has 4 heterocycles. The van der Waals surface area contributed by atoms with Crippen LogP contribution in [0.4, 0.5) is 5.82 Å². The van der Waals surface area contributed by atoms with Gasteiger partial charge in [-0.15, -0.1) is 0 Å². The molecular weight excluding hydrogens is 414 g/mol. The number of rotatable bonds is 6.